The number of fused-ring (bicyclic) bond motifs is 1. The Kier molecular flexibility index (Phi) is 0.934. The maximum Gasteiger partial charge on any atom is 0.209 e. The van der Waals surface area contributed by atoms with E-state index < -0.39 is 12.2 Å². The van der Waals surface area contributed by atoms with Crippen molar-refractivity contribution in [3.63, 3.8) is 0 Å². The van der Waals surface area contributed by atoms with E-state index >= 15 is 0 Å². The van der Waals surface area contributed by atoms with E-state index in [1.165, 1.54) is 6.08 Å². The highest BCUT2D eigenvalue weighted by Crippen LogP contribution is 2.32. The number of carbonyl (C=O) groups excluding carboxylic acids is 1. The van der Waals surface area contributed by atoms with E-state index in [0.717, 1.165) is 0 Å². The molecule has 2 aliphatic rings. The standard InChI is InChI=1S/C6H7NO3/c7-2-1-3(8)5-6(10-5)4(2)9/h1,3,5-6,8H,7H2/t3-,5?,6?/m0/s1. The molecule has 1 aliphatic carbocycles. The van der Waals surface area contributed by atoms with Crippen molar-refractivity contribution in [2.75, 3.05) is 0 Å². The molecule has 1 saturated heterocycles. The second kappa shape index (κ2) is 1.59. The van der Waals surface area contributed by atoms with E-state index in [0.29, 0.717) is 0 Å². The van der Waals surface area contributed by atoms with Crippen molar-refractivity contribution >= 4 is 5.78 Å². The van der Waals surface area contributed by atoms with Crippen molar-refractivity contribution in [2.45, 2.75) is 18.3 Å². The Morgan fingerprint density at radius 1 is 1.70 bits per heavy atom. The summed E-state index contributed by atoms with van der Waals surface area (Å²) in [5.74, 6) is -0.199. The predicted octanol–water partition coefficient (Wildman–Crippen LogP) is -1.46. The molecule has 1 aliphatic heterocycles. The van der Waals surface area contributed by atoms with Crippen LogP contribution in [0, 0.1) is 0 Å². The van der Waals surface area contributed by atoms with E-state index in [1.54, 1.807) is 0 Å². The molecule has 2 rings (SSSR count). The number of ether oxygens (including phenoxy) is 1. The average molecular weight is 141 g/mol. The lowest BCUT2D eigenvalue weighted by molar-refractivity contribution is -0.117. The summed E-state index contributed by atoms with van der Waals surface area (Å²) in [7, 11) is 0. The molecular formula is C6H7NO3. The molecule has 0 bridgehead atoms. The van der Waals surface area contributed by atoms with Crippen LogP contribution in [0.15, 0.2) is 11.8 Å². The van der Waals surface area contributed by atoms with Gasteiger partial charge < -0.3 is 15.6 Å². The van der Waals surface area contributed by atoms with Gasteiger partial charge in [0, 0.05) is 0 Å². The number of epoxide rings is 1. The number of nitrogens with two attached hydrogens (primary N) is 1. The van der Waals surface area contributed by atoms with Crippen LogP contribution in [-0.2, 0) is 9.53 Å². The van der Waals surface area contributed by atoms with Crippen molar-refractivity contribution in [3.05, 3.63) is 11.8 Å². The second-order valence-corrected chi connectivity index (χ2v) is 2.50. The number of aliphatic hydroxyl groups is 1. The molecule has 1 heterocycles. The molecule has 4 nitrogen and oxygen atoms in total. The third kappa shape index (κ3) is 0.600. The third-order valence-corrected chi connectivity index (χ3v) is 1.76. The first-order valence-corrected chi connectivity index (χ1v) is 3.05. The van der Waals surface area contributed by atoms with Gasteiger partial charge in [0.05, 0.1) is 5.70 Å². The van der Waals surface area contributed by atoms with Crippen molar-refractivity contribution in [2.24, 2.45) is 5.73 Å². The number of aliphatic hydroxyl groups excluding tert-OH is 1. The summed E-state index contributed by atoms with van der Waals surface area (Å²) in [5, 5.41) is 9.07. The molecule has 4 heteroatoms. The van der Waals surface area contributed by atoms with E-state index in [1.807, 2.05) is 0 Å². The van der Waals surface area contributed by atoms with E-state index in [2.05, 4.69) is 0 Å². The molecule has 3 N–H and O–H groups in total. The van der Waals surface area contributed by atoms with E-state index in [4.69, 9.17) is 15.6 Å². The van der Waals surface area contributed by atoms with Gasteiger partial charge >= 0.3 is 0 Å². The van der Waals surface area contributed by atoms with Gasteiger partial charge in [0.1, 0.15) is 12.2 Å². The fourth-order valence-corrected chi connectivity index (χ4v) is 1.12. The fraction of sp³-hybridized carbons (Fsp3) is 0.500. The van der Waals surface area contributed by atoms with Crippen LogP contribution in [0.3, 0.4) is 0 Å². The van der Waals surface area contributed by atoms with Crippen LogP contribution in [0.25, 0.3) is 0 Å². The van der Waals surface area contributed by atoms with E-state index in [9.17, 15) is 4.79 Å². The maximum atomic E-state index is 10.9. The first kappa shape index (κ1) is 5.88. The molecule has 0 spiro atoms. The molecule has 1 fully saturated rings. The highest BCUT2D eigenvalue weighted by atomic mass is 16.6. The summed E-state index contributed by atoms with van der Waals surface area (Å²) in [4.78, 5) is 10.9. The van der Waals surface area contributed by atoms with Gasteiger partial charge in [-0.05, 0) is 6.08 Å². The molecule has 0 saturated carbocycles. The zero-order valence-corrected chi connectivity index (χ0v) is 5.15. The topological polar surface area (TPSA) is 75.8 Å². The first-order chi connectivity index (χ1) is 4.70. The number of hydrogen-bond acceptors (Lipinski definition) is 4. The molecule has 3 atom stereocenters. The zero-order chi connectivity index (χ0) is 7.30. The molecule has 0 aromatic carbocycles. The van der Waals surface area contributed by atoms with Gasteiger partial charge in [0.2, 0.25) is 5.78 Å². The van der Waals surface area contributed by atoms with Crippen LogP contribution in [0.2, 0.25) is 0 Å². The van der Waals surface area contributed by atoms with Gasteiger partial charge in [0.15, 0.2) is 6.10 Å². The normalized spacial score (nSPS) is 44.3. The summed E-state index contributed by atoms with van der Waals surface area (Å²) < 4.78 is 4.84. The zero-order valence-electron chi connectivity index (χ0n) is 5.15. The lowest BCUT2D eigenvalue weighted by atomic mass is 10.0. The molecule has 0 aromatic rings. The third-order valence-electron chi connectivity index (χ3n) is 1.76. The van der Waals surface area contributed by atoms with Gasteiger partial charge in [0.25, 0.3) is 0 Å². The minimum absolute atomic E-state index is 0.117. The predicted molar refractivity (Wildman–Crippen MR) is 31.9 cm³/mol. The molecule has 2 unspecified atom stereocenters. The summed E-state index contributed by atoms with van der Waals surface area (Å²) in [6.07, 6.45) is -0.140. The van der Waals surface area contributed by atoms with Crippen LogP contribution < -0.4 is 5.73 Å². The second-order valence-electron chi connectivity index (χ2n) is 2.50. The SMILES string of the molecule is NC1=C[C@H](O)C2OC2C1=O. The van der Waals surface area contributed by atoms with Crippen LogP contribution in [0.4, 0.5) is 0 Å². The minimum atomic E-state index is -0.692. The Morgan fingerprint density at radius 3 is 3.10 bits per heavy atom. The van der Waals surface area contributed by atoms with Crippen molar-refractivity contribution in [3.8, 4) is 0 Å². The molecule has 0 aromatic heterocycles. The van der Waals surface area contributed by atoms with Gasteiger partial charge in [-0.3, -0.25) is 4.79 Å². The van der Waals surface area contributed by atoms with Gasteiger partial charge in [-0.2, -0.15) is 0 Å². The summed E-state index contributed by atoms with van der Waals surface area (Å²) in [6, 6.07) is 0. The lowest BCUT2D eigenvalue weighted by Crippen LogP contribution is -2.29. The van der Waals surface area contributed by atoms with Gasteiger partial charge in [-0.15, -0.1) is 0 Å². The fourth-order valence-electron chi connectivity index (χ4n) is 1.12. The Balaban J connectivity index is 2.30. The molecule has 0 amide bonds. The molecular weight excluding hydrogens is 134 g/mol. The summed E-state index contributed by atoms with van der Waals surface area (Å²) >= 11 is 0. The van der Waals surface area contributed by atoms with Crippen LogP contribution in [-0.4, -0.2) is 29.2 Å². The quantitative estimate of drug-likeness (QED) is 0.404. The number of ketones is 1. The first-order valence-electron chi connectivity index (χ1n) is 3.05. The largest absolute Gasteiger partial charge is 0.396 e. The molecule has 10 heavy (non-hydrogen) atoms. The summed E-state index contributed by atoms with van der Waals surface area (Å²) in [5.41, 5.74) is 5.37. The molecule has 0 radical (unpaired) electrons. The number of rotatable bonds is 0. The van der Waals surface area contributed by atoms with Crippen LogP contribution >= 0.6 is 0 Å². The van der Waals surface area contributed by atoms with Crippen molar-refractivity contribution in [1.82, 2.24) is 0 Å². The Morgan fingerprint density at radius 2 is 2.40 bits per heavy atom. The Hall–Kier alpha value is -0.870. The monoisotopic (exact) mass is 141 g/mol. The lowest BCUT2D eigenvalue weighted by Gasteiger charge is -2.07. The number of hydrogen-bond donors (Lipinski definition) is 2. The van der Waals surface area contributed by atoms with Crippen LogP contribution in [0.1, 0.15) is 0 Å². The van der Waals surface area contributed by atoms with E-state index in [-0.39, 0.29) is 17.6 Å². The number of Topliss-reactive ketones (excluding diaryl/α,β-unsaturated/α-hetero) is 1. The highest BCUT2D eigenvalue weighted by Gasteiger charge is 2.52. The average Bonchev–Trinajstić information content (AvgIpc) is 2.61. The van der Waals surface area contributed by atoms with Gasteiger partial charge in [-0.1, -0.05) is 0 Å². The summed E-state index contributed by atoms with van der Waals surface area (Å²) in [6.45, 7) is 0. The minimum Gasteiger partial charge on any atom is -0.396 e. The van der Waals surface area contributed by atoms with Crippen molar-refractivity contribution in [1.29, 1.82) is 0 Å². The van der Waals surface area contributed by atoms with Gasteiger partial charge in [-0.25, -0.2) is 0 Å². The number of carbonyl (C=O) groups is 1. The van der Waals surface area contributed by atoms with Crippen molar-refractivity contribution < 1.29 is 14.6 Å². The maximum absolute atomic E-state index is 10.9. The smallest absolute Gasteiger partial charge is 0.209 e. The molecule has 54 valence electrons. The van der Waals surface area contributed by atoms with Crippen LogP contribution in [0.5, 0.6) is 0 Å². The Labute approximate surface area is 57.3 Å². The Bertz CT molecular complexity index is 223. The highest BCUT2D eigenvalue weighted by molar-refractivity contribution is 6.01.